The summed E-state index contributed by atoms with van der Waals surface area (Å²) in [5, 5.41) is 0. The first-order valence-electron chi connectivity index (χ1n) is 6.10. The van der Waals surface area contributed by atoms with E-state index in [0.717, 1.165) is 4.70 Å². The van der Waals surface area contributed by atoms with Crippen molar-refractivity contribution in [2.45, 2.75) is 6.42 Å². The van der Waals surface area contributed by atoms with E-state index < -0.39 is 21.9 Å². The maximum Gasteiger partial charge on any atom is 0.302 e. The molecule has 2 aromatic rings. The van der Waals surface area contributed by atoms with Crippen molar-refractivity contribution in [3.8, 4) is 0 Å². The number of thiazole rings is 1. The van der Waals surface area contributed by atoms with Gasteiger partial charge in [-0.05, 0) is 18.2 Å². The molecule has 1 amide bonds. The molecule has 1 unspecified atom stereocenters. The minimum absolute atomic E-state index is 0.0268. The van der Waals surface area contributed by atoms with Crippen LogP contribution < -0.4 is 4.90 Å². The molecule has 1 aromatic heterocycles. The molecule has 1 saturated heterocycles. The predicted molar refractivity (Wildman–Crippen MR) is 80.0 cm³/mol. The summed E-state index contributed by atoms with van der Waals surface area (Å²) in [6.45, 7) is 0.186. The highest BCUT2D eigenvalue weighted by molar-refractivity contribution is 7.86. The third kappa shape index (κ3) is 3.17. The highest BCUT2D eigenvalue weighted by Crippen LogP contribution is 2.32. The van der Waals surface area contributed by atoms with Crippen LogP contribution in [-0.2, 0) is 15.0 Å². The molecule has 9 heteroatoms. The lowest BCUT2D eigenvalue weighted by molar-refractivity contribution is -0.117. The van der Waals surface area contributed by atoms with Crippen LogP contribution in [0.4, 0.5) is 9.57 Å². The third-order valence-corrected chi connectivity index (χ3v) is 5.31. The van der Waals surface area contributed by atoms with Gasteiger partial charge >= 0.3 is 10.2 Å². The Hall–Kier alpha value is -1.25. The van der Waals surface area contributed by atoms with Crippen LogP contribution in [0.5, 0.6) is 0 Å². The normalized spacial score (nSPS) is 19.6. The Morgan fingerprint density at radius 2 is 2.24 bits per heavy atom. The molecular formula is C12H10ClFN2O3S2. The van der Waals surface area contributed by atoms with E-state index in [-0.39, 0.29) is 18.9 Å². The fourth-order valence-corrected chi connectivity index (χ4v) is 4.28. The molecule has 112 valence electrons. The standard InChI is InChI=1S/C12H10ClFN2O3S2/c13-12-15-9-4-8(1-2-10(9)20-12)16-5-7(3-11(16)17)6-21(14,18)19/h1-2,4,7H,3,5-6H2. The van der Waals surface area contributed by atoms with Crippen molar-refractivity contribution in [3.05, 3.63) is 22.7 Å². The molecule has 1 atom stereocenters. The number of carbonyl (C=O) groups is 1. The highest BCUT2D eigenvalue weighted by Gasteiger charge is 2.33. The zero-order valence-corrected chi connectivity index (χ0v) is 13.0. The SMILES string of the molecule is O=C1CC(CS(=O)(=O)F)CN1c1ccc2sc(Cl)nc2c1. The smallest absolute Gasteiger partial charge is 0.302 e. The van der Waals surface area contributed by atoms with Gasteiger partial charge < -0.3 is 4.90 Å². The molecule has 2 heterocycles. The van der Waals surface area contributed by atoms with Gasteiger partial charge in [0.15, 0.2) is 4.47 Å². The van der Waals surface area contributed by atoms with Crippen molar-refractivity contribution >= 4 is 55.0 Å². The number of amides is 1. The van der Waals surface area contributed by atoms with Crippen LogP contribution in [0, 0.1) is 5.92 Å². The third-order valence-electron chi connectivity index (χ3n) is 3.30. The van der Waals surface area contributed by atoms with E-state index in [9.17, 15) is 17.1 Å². The number of fused-ring (bicyclic) bond motifs is 1. The second-order valence-electron chi connectivity index (χ2n) is 4.90. The first-order chi connectivity index (χ1) is 9.82. The second kappa shape index (κ2) is 5.19. The van der Waals surface area contributed by atoms with Crippen LogP contribution in [0.15, 0.2) is 18.2 Å². The maximum absolute atomic E-state index is 12.7. The van der Waals surface area contributed by atoms with E-state index in [0.29, 0.717) is 15.7 Å². The summed E-state index contributed by atoms with van der Waals surface area (Å²) in [4.78, 5) is 17.6. The molecule has 0 saturated carbocycles. The van der Waals surface area contributed by atoms with Crippen LogP contribution in [0.3, 0.4) is 0 Å². The summed E-state index contributed by atoms with van der Waals surface area (Å²) in [6, 6.07) is 5.28. The van der Waals surface area contributed by atoms with E-state index in [4.69, 9.17) is 11.6 Å². The van der Waals surface area contributed by atoms with E-state index in [1.54, 1.807) is 18.2 Å². The summed E-state index contributed by atoms with van der Waals surface area (Å²) < 4.78 is 35.4. The van der Waals surface area contributed by atoms with Crippen molar-refractivity contribution in [1.29, 1.82) is 0 Å². The Morgan fingerprint density at radius 3 is 2.95 bits per heavy atom. The number of anilines is 1. The van der Waals surface area contributed by atoms with Gasteiger partial charge in [0.1, 0.15) is 0 Å². The van der Waals surface area contributed by atoms with E-state index >= 15 is 0 Å². The van der Waals surface area contributed by atoms with Gasteiger partial charge in [-0.25, -0.2) is 4.98 Å². The number of nitrogens with zero attached hydrogens (tertiary/aromatic N) is 2. The van der Waals surface area contributed by atoms with Gasteiger partial charge in [0.2, 0.25) is 5.91 Å². The van der Waals surface area contributed by atoms with E-state index in [1.807, 2.05) is 0 Å². The Bertz CT molecular complexity index is 821. The molecule has 5 nitrogen and oxygen atoms in total. The van der Waals surface area contributed by atoms with Crippen molar-refractivity contribution in [2.75, 3.05) is 17.2 Å². The topological polar surface area (TPSA) is 67.3 Å². The van der Waals surface area contributed by atoms with Crippen molar-refractivity contribution < 1.29 is 17.1 Å². The minimum Gasteiger partial charge on any atom is -0.312 e. The number of aromatic nitrogens is 1. The molecular weight excluding hydrogens is 339 g/mol. The quantitative estimate of drug-likeness (QED) is 0.800. The number of hydrogen-bond acceptors (Lipinski definition) is 5. The Labute approximate surface area is 129 Å². The van der Waals surface area contributed by atoms with E-state index in [2.05, 4.69) is 4.98 Å². The average molecular weight is 349 g/mol. The van der Waals surface area contributed by atoms with Crippen molar-refractivity contribution in [1.82, 2.24) is 4.98 Å². The lowest BCUT2D eigenvalue weighted by Gasteiger charge is -2.16. The largest absolute Gasteiger partial charge is 0.312 e. The van der Waals surface area contributed by atoms with Gasteiger partial charge in [-0.15, -0.1) is 15.2 Å². The number of benzene rings is 1. The predicted octanol–water partition coefficient (Wildman–Crippen LogP) is 2.60. The highest BCUT2D eigenvalue weighted by atomic mass is 35.5. The van der Waals surface area contributed by atoms with E-state index in [1.165, 1.54) is 16.2 Å². The van der Waals surface area contributed by atoms with Gasteiger partial charge in [-0.3, -0.25) is 4.79 Å². The Morgan fingerprint density at radius 1 is 1.48 bits per heavy atom. The first kappa shape index (κ1) is 14.7. The summed E-state index contributed by atoms with van der Waals surface area (Å²) in [5.41, 5.74) is 1.30. The molecule has 0 aliphatic carbocycles. The van der Waals surface area contributed by atoms with Crippen molar-refractivity contribution in [2.24, 2.45) is 5.92 Å². The first-order valence-corrected chi connectivity index (χ1v) is 8.85. The van der Waals surface area contributed by atoms with Gasteiger partial charge in [-0.2, -0.15) is 8.42 Å². The van der Waals surface area contributed by atoms with Crippen LogP contribution in [0.2, 0.25) is 4.47 Å². The van der Waals surface area contributed by atoms with Crippen molar-refractivity contribution in [3.63, 3.8) is 0 Å². The van der Waals surface area contributed by atoms with Crippen LogP contribution in [-0.4, -0.2) is 31.6 Å². The molecule has 0 bridgehead atoms. The fraction of sp³-hybridized carbons (Fsp3) is 0.333. The van der Waals surface area contributed by atoms with Crippen LogP contribution in [0.1, 0.15) is 6.42 Å². The average Bonchev–Trinajstić information content (AvgIpc) is 2.88. The van der Waals surface area contributed by atoms with Gasteiger partial charge in [0.25, 0.3) is 0 Å². The fourth-order valence-electron chi connectivity index (χ4n) is 2.48. The molecule has 0 radical (unpaired) electrons. The van der Waals surface area contributed by atoms with Gasteiger partial charge in [0, 0.05) is 24.6 Å². The molecule has 0 N–H and O–H groups in total. The number of hydrogen-bond donors (Lipinski definition) is 0. The molecule has 21 heavy (non-hydrogen) atoms. The minimum atomic E-state index is -4.57. The number of rotatable bonds is 3. The number of halogens is 2. The van der Waals surface area contributed by atoms with Gasteiger partial charge in [0.05, 0.1) is 16.0 Å². The molecule has 3 rings (SSSR count). The van der Waals surface area contributed by atoms with Crippen LogP contribution in [0.25, 0.3) is 10.2 Å². The molecule has 1 fully saturated rings. The second-order valence-corrected chi connectivity index (χ2v) is 7.92. The molecule has 0 spiro atoms. The Kier molecular flexibility index (Phi) is 3.62. The van der Waals surface area contributed by atoms with Gasteiger partial charge in [-0.1, -0.05) is 11.6 Å². The zero-order chi connectivity index (χ0) is 15.2. The zero-order valence-electron chi connectivity index (χ0n) is 10.6. The molecule has 1 aromatic carbocycles. The summed E-state index contributed by atoms with van der Waals surface area (Å²) in [5.74, 6) is -1.37. The number of carbonyl (C=O) groups excluding carboxylic acids is 1. The lowest BCUT2D eigenvalue weighted by Crippen LogP contribution is -2.25. The lowest BCUT2D eigenvalue weighted by atomic mass is 10.1. The summed E-state index contributed by atoms with van der Waals surface area (Å²) in [7, 11) is -4.57. The maximum atomic E-state index is 12.7. The van der Waals surface area contributed by atoms with Crippen LogP contribution >= 0.6 is 22.9 Å². The Balaban J connectivity index is 1.86. The molecule has 1 aliphatic heterocycles. The molecule has 1 aliphatic rings. The summed E-state index contributed by atoms with van der Waals surface area (Å²) in [6.07, 6.45) is 0.0268. The monoisotopic (exact) mass is 348 g/mol. The summed E-state index contributed by atoms with van der Waals surface area (Å²) >= 11 is 7.17.